The van der Waals surface area contributed by atoms with E-state index in [9.17, 15) is 28.5 Å². The number of methoxy groups -OCH3 is 1. The predicted molar refractivity (Wildman–Crippen MR) is 97.4 cm³/mol. The molecule has 9 nitrogen and oxygen atoms in total. The monoisotopic (exact) mass is 407 g/mol. The third kappa shape index (κ3) is 6.27. The minimum Gasteiger partial charge on any atom is -0.493 e. The number of nitro benzene ring substituents is 1. The SMILES string of the molecule is COc1cc(/C=C/C(=O)NNC(=O)c2ccc([N+](=O)[O-])cc2)ccc1OC(F)F. The lowest BCUT2D eigenvalue weighted by atomic mass is 10.2. The van der Waals surface area contributed by atoms with Crippen molar-refractivity contribution in [3.63, 3.8) is 0 Å². The molecule has 0 heterocycles. The number of carbonyl (C=O) groups is 2. The van der Waals surface area contributed by atoms with Gasteiger partial charge in [0.05, 0.1) is 12.0 Å². The highest BCUT2D eigenvalue weighted by molar-refractivity contribution is 5.98. The summed E-state index contributed by atoms with van der Waals surface area (Å²) in [6.07, 6.45) is 2.46. The van der Waals surface area contributed by atoms with Crippen LogP contribution in [0.25, 0.3) is 6.08 Å². The van der Waals surface area contributed by atoms with Crippen molar-refractivity contribution in [2.75, 3.05) is 7.11 Å². The summed E-state index contributed by atoms with van der Waals surface area (Å²) in [6.45, 7) is -3.00. The average molecular weight is 407 g/mol. The van der Waals surface area contributed by atoms with Crippen LogP contribution in [0.4, 0.5) is 14.5 Å². The van der Waals surface area contributed by atoms with Crippen molar-refractivity contribution in [2.24, 2.45) is 0 Å². The summed E-state index contributed by atoms with van der Waals surface area (Å²) < 4.78 is 33.9. The smallest absolute Gasteiger partial charge is 0.387 e. The molecule has 0 spiro atoms. The molecule has 11 heteroatoms. The second-order valence-corrected chi connectivity index (χ2v) is 5.37. The summed E-state index contributed by atoms with van der Waals surface area (Å²) in [5.41, 5.74) is 4.69. The summed E-state index contributed by atoms with van der Waals surface area (Å²) in [4.78, 5) is 33.7. The van der Waals surface area contributed by atoms with Crippen LogP contribution in [0.2, 0.25) is 0 Å². The number of benzene rings is 2. The number of non-ortho nitro benzene ring substituents is 1. The first-order valence-corrected chi connectivity index (χ1v) is 7.96. The molecule has 2 N–H and O–H groups in total. The minimum absolute atomic E-state index is 0.0549. The molecule has 0 aliphatic carbocycles. The Morgan fingerprint density at radius 1 is 1.10 bits per heavy atom. The molecule has 29 heavy (non-hydrogen) atoms. The molecule has 0 aliphatic rings. The molecule has 0 aromatic heterocycles. The number of nitro groups is 1. The number of rotatable bonds is 7. The molecule has 0 radical (unpaired) electrons. The molecular formula is C18H15F2N3O6. The van der Waals surface area contributed by atoms with Crippen LogP contribution in [0.1, 0.15) is 15.9 Å². The summed E-state index contributed by atoms with van der Waals surface area (Å²) in [6, 6.07) is 8.88. The van der Waals surface area contributed by atoms with Crippen LogP contribution < -0.4 is 20.3 Å². The third-order valence-corrected chi connectivity index (χ3v) is 3.47. The maximum Gasteiger partial charge on any atom is 0.387 e. The highest BCUT2D eigenvalue weighted by atomic mass is 19.3. The highest BCUT2D eigenvalue weighted by Gasteiger charge is 2.11. The first kappa shape index (κ1) is 21.3. The van der Waals surface area contributed by atoms with Crippen LogP contribution >= 0.6 is 0 Å². The van der Waals surface area contributed by atoms with E-state index in [0.717, 1.165) is 18.2 Å². The number of halogens is 2. The van der Waals surface area contributed by atoms with Gasteiger partial charge in [0.15, 0.2) is 11.5 Å². The average Bonchev–Trinajstić information content (AvgIpc) is 2.70. The standard InChI is InChI=1S/C18H15F2N3O6/c1-28-15-10-11(2-8-14(15)29-18(19)20)3-9-16(24)21-22-17(25)12-4-6-13(7-5-12)23(26)27/h2-10,18H,1H3,(H,21,24)(H,22,25)/b9-3+. The van der Waals surface area contributed by atoms with Crippen molar-refractivity contribution in [2.45, 2.75) is 6.61 Å². The van der Waals surface area contributed by atoms with Crippen LogP contribution in [0.3, 0.4) is 0 Å². The van der Waals surface area contributed by atoms with Crippen molar-refractivity contribution in [1.29, 1.82) is 0 Å². The minimum atomic E-state index is -3.00. The normalized spacial score (nSPS) is 10.6. The fraction of sp³-hybridized carbons (Fsp3) is 0.111. The number of nitrogens with zero attached hydrogens (tertiary/aromatic N) is 1. The van der Waals surface area contributed by atoms with E-state index in [1.54, 1.807) is 0 Å². The van der Waals surface area contributed by atoms with Gasteiger partial charge in [-0.25, -0.2) is 0 Å². The maximum atomic E-state index is 12.3. The number of nitrogens with one attached hydrogen (secondary N) is 2. The third-order valence-electron chi connectivity index (χ3n) is 3.47. The Kier molecular flexibility index (Phi) is 7.18. The first-order valence-electron chi connectivity index (χ1n) is 7.96. The number of ether oxygens (including phenoxy) is 2. The maximum absolute atomic E-state index is 12.3. The Morgan fingerprint density at radius 3 is 2.38 bits per heavy atom. The topological polar surface area (TPSA) is 120 Å². The predicted octanol–water partition coefficient (Wildman–Crippen LogP) is 2.68. The number of hydrogen-bond donors (Lipinski definition) is 2. The molecule has 0 atom stereocenters. The fourth-order valence-electron chi connectivity index (χ4n) is 2.12. The molecule has 152 valence electrons. The van der Waals surface area contributed by atoms with E-state index in [2.05, 4.69) is 15.6 Å². The Bertz CT molecular complexity index is 932. The van der Waals surface area contributed by atoms with Gasteiger partial charge >= 0.3 is 6.61 Å². The molecule has 0 saturated heterocycles. The molecule has 2 aromatic carbocycles. The van der Waals surface area contributed by atoms with E-state index in [1.807, 2.05) is 0 Å². The molecule has 0 unspecified atom stereocenters. The molecule has 0 saturated carbocycles. The quantitative estimate of drug-likeness (QED) is 0.414. The first-order chi connectivity index (χ1) is 13.8. The van der Waals surface area contributed by atoms with E-state index < -0.39 is 23.3 Å². The van der Waals surface area contributed by atoms with Gasteiger partial charge in [0.25, 0.3) is 17.5 Å². The van der Waals surface area contributed by atoms with Gasteiger partial charge in [-0.2, -0.15) is 8.78 Å². The number of hydrogen-bond acceptors (Lipinski definition) is 6. The van der Waals surface area contributed by atoms with Crippen LogP contribution in [-0.2, 0) is 4.79 Å². The fourth-order valence-corrected chi connectivity index (χ4v) is 2.12. The zero-order valence-electron chi connectivity index (χ0n) is 14.9. The van der Waals surface area contributed by atoms with Gasteiger partial charge in [0.1, 0.15) is 0 Å². The van der Waals surface area contributed by atoms with Crippen molar-refractivity contribution >= 4 is 23.6 Å². The van der Waals surface area contributed by atoms with Crippen molar-refractivity contribution < 1.29 is 32.8 Å². The number of hydrazine groups is 1. The number of amides is 2. The van der Waals surface area contributed by atoms with E-state index in [4.69, 9.17) is 4.74 Å². The van der Waals surface area contributed by atoms with Gasteiger partial charge in [-0.1, -0.05) is 6.07 Å². The van der Waals surface area contributed by atoms with E-state index in [1.165, 1.54) is 43.5 Å². The summed E-state index contributed by atoms with van der Waals surface area (Å²) >= 11 is 0. The molecular weight excluding hydrogens is 392 g/mol. The highest BCUT2D eigenvalue weighted by Crippen LogP contribution is 2.29. The lowest BCUT2D eigenvalue weighted by Gasteiger charge is -2.10. The Hall–Kier alpha value is -4.02. The van der Waals surface area contributed by atoms with Gasteiger partial charge in [-0.15, -0.1) is 0 Å². The van der Waals surface area contributed by atoms with Crippen LogP contribution in [0, 0.1) is 10.1 Å². The van der Waals surface area contributed by atoms with Crippen LogP contribution in [-0.4, -0.2) is 30.5 Å². The van der Waals surface area contributed by atoms with Crippen LogP contribution in [0.15, 0.2) is 48.5 Å². The molecule has 2 rings (SSSR count). The largest absolute Gasteiger partial charge is 0.493 e. The van der Waals surface area contributed by atoms with Gasteiger partial charge in [-0.05, 0) is 35.9 Å². The summed E-state index contributed by atoms with van der Waals surface area (Å²) in [7, 11) is 1.28. The second-order valence-electron chi connectivity index (χ2n) is 5.37. The summed E-state index contributed by atoms with van der Waals surface area (Å²) in [5.74, 6) is -1.44. The van der Waals surface area contributed by atoms with Gasteiger partial charge in [0.2, 0.25) is 0 Å². The van der Waals surface area contributed by atoms with E-state index >= 15 is 0 Å². The molecule has 0 bridgehead atoms. The number of alkyl halides is 2. The lowest BCUT2D eigenvalue weighted by molar-refractivity contribution is -0.384. The van der Waals surface area contributed by atoms with E-state index in [-0.39, 0.29) is 22.7 Å². The van der Waals surface area contributed by atoms with Crippen LogP contribution in [0.5, 0.6) is 11.5 Å². The molecule has 0 aliphatic heterocycles. The second kappa shape index (κ2) is 9.78. The molecule has 0 fully saturated rings. The zero-order valence-corrected chi connectivity index (χ0v) is 14.9. The van der Waals surface area contributed by atoms with E-state index in [0.29, 0.717) is 5.56 Å². The van der Waals surface area contributed by atoms with Crippen molar-refractivity contribution in [3.05, 3.63) is 69.8 Å². The van der Waals surface area contributed by atoms with Gasteiger partial charge in [-0.3, -0.25) is 30.6 Å². The Morgan fingerprint density at radius 2 is 1.79 bits per heavy atom. The number of carbonyl (C=O) groups excluding carboxylic acids is 2. The Labute approximate surface area is 163 Å². The van der Waals surface area contributed by atoms with Gasteiger partial charge in [0, 0.05) is 23.8 Å². The lowest BCUT2D eigenvalue weighted by Crippen LogP contribution is -2.40. The van der Waals surface area contributed by atoms with Crippen molar-refractivity contribution in [1.82, 2.24) is 10.9 Å². The molecule has 2 amide bonds. The Balaban J connectivity index is 1.93. The molecule has 2 aromatic rings. The van der Waals surface area contributed by atoms with Crippen molar-refractivity contribution in [3.8, 4) is 11.5 Å². The zero-order chi connectivity index (χ0) is 21.4. The summed E-state index contributed by atoms with van der Waals surface area (Å²) in [5, 5.41) is 10.6. The van der Waals surface area contributed by atoms with Gasteiger partial charge < -0.3 is 9.47 Å².